The maximum Gasteiger partial charge on any atom is 0.249 e. The lowest BCUT2D eigenvalue weighted by Gasteiger charge is -2.21. The maximum absolute atomic E-state index is 12.6. The zero-order chi connectivity index (χ0) is 50.7. The van der Waals surface area contributed by atoms with E-state index in [2.05, 4.69) is 43.5 Å². The highest BCUT2D eigenvalue weighted by molar-refractivity contribution is 5.80. The zero-order valence-corrected chi connectivity index (χ0v) is 47.4. The Balaban J connectivity index is 3.51. The second-order valence-electron chi connectivity index (χ2n) is 22.0. The number of carbonyl (C=O) groups is 1. The summed E-state index contributed by atoms with van der Waals surface area (Å²) in [5, 5.41) is 33.4. The molecule has 5 nitrogen and oxygen atoms in total. The van der Waals surface area contributed by atoms with Crippen molar-refractivity contribution < 1.29 is 20.1 Å². The van der Waals surface area contributed by atoms with Crippen molar-refractivity contribution >= 4 is 5.91 Å². The summed E-state index contributed by atoms with van der Waals surface area (Å²) in [5.74, 6) is -0.508. The molecular formula is C65H125NO4. The fourth-order valence-electron chi connectivity index (χ4n) is 10.0. The number of amides is 1. The summed E-state index contributed by atoms with van der Waals surface area (Å²) in [6.07, 6.45) is 79.8. The molecule has 0 rings (SSSR count). The van der Waals surface area contributed by atoms with Gasteiger partial charge in [0.1, 0.15) is 6.10 Å². The number of hydrogen-bond acceptors (Lipinski definition) is 4. The van der Waals surface area contributed by atoms with Gasteiger partial charge in [0.05, 0.1) is 18.8 Å². The third kappa shape index (κ3) is 54.3. The molecule has 0 bridgehead atoms. The van der Waals surface area contributed by atoms with E-state index in [0.717, 1.165) is 38.5 Å². The minimum atomic E-state index is -1.11. The standard InChI is InChI=1S/C65H125NO4/c1-3-5-7-9-11-13-15-17-19-21-23-25-26-27-28-29-30-31-32-33-34-35-36-37-38-39-40-42-44-46-48-50-52-54-56-58-60-64(69)65(70)66-62(61-67)63(68)59-57-55-53-51-49-47-45-43-41-24-22-20-18-16-14-12-10-8-6-4-2/h31-32,49,51,57,59,62-64,67-69H,3-30,33-48,50,52-56,58,60-61H2,1-2H3,(H,66,70)/b32-31-,51-49+,59-57+. The van der Waals surface area contributed by atoms with Gasteiger partial charge < -0.3 is 20.6 Å². The summed E-state index contributed by atoms with van der Waals surface area (Å²) >= 11 is 0. The van der Waals surface area contributed by atoms with Crippen molar-refractivity contribution in [2.75, 3.05) is 6.61 Å². The van der Waals surface area contributed by atoms with E-state index in [1.54, 1.807) is 6.08 Å². The first-order valence-electron chi connectivity index (χ1n) is 31.8. The SMILES string of the molecule is CCCCCCCCCCCCCCCC/C=C/CC/C=C/C(O)C(CO)NC(=O)C(O)CCCCCCCCCCCCCCCCCC/C=C\CCCCCCCCCCCCCCCCCC. The van der Waals surface area contributed by atoms with Crippen molar-refractivity contribution in [3.63, 3.8) is 0 Å². The molecule has 3 unspecified atom stereocenters. The summed E-state index contributed by atoms with van der Waals surface area (Å²) < 4.78 is 0. The molecule has 5 heteroatoms. The van der Waals surface area contributed by atoms with E-state index in [4.69, 9.17) is 0 Å². The number of carbonyl (C=O) groups excluding carboxylic acids is 1. The lowest BCUT2D eigenvalue weighted by atomic mass is 10.0. The minimum absolute atomic E-state index is 0.374. The molecule has 0 aliphatic heterocycles. The lowest BCUT2D eigenvalue weighted by molar-refractivity contribution is -0.131. The monoisotopic (exact) mass is 984 g/mol. The van der Waals surface area contributed by atoms with E-state index < -0.39 is 24.2 Å². The largest absolute Gasteiger partial charge is 0.394 e. The van der Waals surface area contributed by atoms with Crippen LogP contribution in [0.4, 0.5) is 0 Å². The Morgan fingerprint density at radius 2 is 0.586 bits per heavy atom. The van der Waals surface area contributed by atoms with Gasteiger partial charge in [-0.05, 0) is 57.8 Å². The Morgan fingerprint density at radius 1 is 0.343 bits per heavy atom. The van der Waals surface area contributed by atoms with Crippen LogP contribution in [0.15, 0.2) is 36.5 Å². The van der Waals surface area contributed by atoms with Gasteiger partial charge in [0.15, 0.2) is 0 Å². The van der Waals surface area contributed by atoms with E-state index in [-0.39, 0.29) is 6.61 Å². The number of rotatable bonds is 59. The summed E-state index contributed by atoms with van der Waals surface area (Å²) in [6.45, 7) is 4.21. The lowest BCUT2D eigenvalue weighted by Crippen LogP contribution is -2.48. The highest BCUT2D eigenvalue weighted by atomic mass is 16.3. The Kier molecular flexibility index (Phi) is 58.9. The number of hydrogen-bond donors (Lipinski definition) is 4. The maximum atomic E-state index is 12.6. The molecule has 70 heavy (non-hydrogen) atoms. The van der Waals surface area contributed by atoms with Crippen LogP contribution in [0.2, 0.25) is 0 Å². The number of unbranched alkanes of at least 4 members (excludes halogenated alkanes) is 47. The summed E-state index contributed by atoms with van der Waals surface area (Å²) in [7, 11) is 0. The Bertz CT molecular complexity index is 1090. The molecule has 0 saturated heterocycles. The third-order valence-electron chi connectivity index (χ3n) is 15.0. The molecule has 0 aliphatic rings. The average molecular weight is 985 g/mol. The molecule has 0 saturated carbocycles. The molecule has 4 N–H and O–H groups in total. The molecule has 0 aromatic heterocycles. The van der Waals surface area contributed by atoms with Gasteiger partial charge in [-0.25, -0.2) is 0 Å². The topological polar surface area (TPSA) is 89.8 Å². The Labute approximate surface area is 438 Å². The predicted molar refractivity (Wildman–Crippen MR) is 310 cm³/mol. The van der Waals surface area contributed by atoms with Crippen LogP contribution in [0, 0.1) is 0 Å². The number of nitrogens with one attached hydrogen (secondary N) is 1. The second kappa shape index (κ2) is 60.1. The third-order valence-corrected chi connectivity index (χ3v) is 15.0. The first-order chi connectivity index (χ1) is 34.6. The molecule has 0 heterocycles. The molecule has 0 radical (unpaired) electrons. The fraction of sp³-hybridized carbons (Fsp3) is 0.892. The number of allylic oxidation sites excluding steroid dienone is 5. The van der Waals surface area contributed by atoms with Crippen LogP contribution in [-0.2, 0) is 4.79 Å². The summed E-state index contributed by atoms with van der Waals surface area (Å²) in [6, 6.07) is -0.815. The molecule has 3 atom stereocenters. The van der Waals surface area contributed by atoms with Gasteiger partial charge in [0, 0.05) is 0 Å². The molecular weight excluding hydrogens is 859 g/mol. The van der Waals surface area contributed by atoms with Gasteiger partial charge in [-0.3, -0.25) is 4.79 Å². The van der Waals surface area contributed by atoms with Crippen molar-refractivity contribution in [1.29, 1.82) is 0 Å². The van der Waals surface area contributed by atoms with Crippen LogP contribution in [0.5, 0.6) is 0 Å². The highest BCUT2D eigenvalue weighted by Crippen LogP contribution is 2.18. The van der Waals surface area contributed by atoms with E-state index in [0.29, 0.717) is 6.42 Å². The van der Waals surface area contributed by atoms with Crippen LogP contribution in [0.1, 0.15) is 348 Å². The predicted octanol–water partition coefficient (Wildman–Crippen LogP) is 20.2. The van der Waals surface area contributed by atoms with E-state index in [9.17, 15) is 20.1 Å². The molecule has 0 aromatic carbocycles. The molecule has 0 aliphatic carbocycles. The van der Waals surface area contributed by atoms with Gasteiger partial charge in [-0.15, -0.1) is 0 Å². The van der Waals surface area contributed by atoms with Crippen LogP contribution in [0.3, 0.4) is 0 Å². The normalized spacial score (nSPS) is 13.4. The van der Waals surface area contributed by atoms with Crippen LogP contribution in [-0.4, -0.2) is 46.1 Å². The first-order valence-corrected chi connectivity index (χ1v) is 31.8. The van der Waals surface area contributed by atoms with Gasteiger partial charge in [-0.1, -0.05) is 326 Å². The zero-order valence-electron chi connectivity index (χ0n) is 47.4. The van der Waals surface area contributed by atoms with Gasteiger partial charge >= 0.3 is 0 Å². The van der Waals surface area contributed by atoms with Crippen molar-refractivity contribution in [3.05, 3.63) is 36.5 Å². The fourth-order valence-corrected chi connectivity index (χ4v) is 10.0. The van der Waals surface area contributed by atoms with Crippen LogP contribution in [0.25, 0.3) is 0 Å². The number of aliphatic hydroxyl groups excluding tert-OH is 3. The molecule has 1 amide bonds. The van der Waals surface area contributed by atoms with E-state index in [1.165, 1.54) is 289 Å². The minimum Gasteiger partial charge on any atom is -0.394 e. The van der Waals surface area contributed by atoms with Gasteiger partial charge in [0.2, 0.25) is 5.91 Å². The van der Waals surface area contributed by atoms with Crippen LogP contribution < -0.4 is 5.32 Å². The van der Waals surface area contributed by atoms with Crippen LogP contribution >= 0.6 is 0 Å². The van der Waals surface area contributed by atoms with Crippen molar-refractivity contribution in [2.24, 2.45) is 0 Å². The quantitative estimate of drug-likeness (QED) is 0.0361. The second-order valence-corrected chi connectivity index (χ2v) is 22.0. The average Bonchev–Trinajstić information content (AvgIpc) is 3.36. The molecule has 414 valence electrons. The highest BCUT2D eigenvalue weighted by Gasteiger charge is 2.22. The first kappa shape index (κ1) is 68.6. The molecule has 0 spiro atoms. The summed E-state index contributed by atoms with van der Waals surface area (Å²) in [4.78, 5) is 12.6. The molecule has 0 aromatic rings. The van der Waals surface area contributed by atoms with E-state index in [1.807, 2.05) is 6.08 Å². The van der Waals surface area contributed by atoms with Crippen molar-refractivity contribution in [1.82, 2.24) is 5.32 Å². The van der Waals surface area contributed by atoms with Crippen molar-refractivity contribution in [3.8, 4) is 0 Å². The Hall–Kier alpha value is -1.43. The van der Waals surface area contributed by atoms with Crippen molar-refractivity contribution in [2.45, 2.75) is 366 Å². The van der Waals surface area contributed by atoms with E-state index >= 15 is 0 Å². The smallest absolute Gasteiger partial charge is 0.249 e. The Morgan fingerprint density at radius 3 is 0.871 bits per heavy atom. The van der Waals surface area contributed by atoms with Gasteiger partial charge in [-0.2, -0.15) is 0 Å². The van der Waals surface area contributed by atoms with Gasteiger partial charge in [0.25, 0.3) is 0 Å². The molecule has 0 fully saturated rings. The number of aliphatic hydroxyl groups is 3. The summed E-state index contributed by atoms with van der Waals surface area (Å²) in [5.41, 5.74) is 0.